The Hall–Kier alpha value is -1.88. The number of aromatic nitrogens is 3. The molecule has 2 aromatic rings. The topological polar surface area (TPSA) is 52.0 Å². The van der Waals surface area contributed by atoms with E-state index >= 15 is 0 Å². The molecule has 1 unspecified atom stereocenters. The van der Waals surface area contributed by atoms with Gasteiger partial charge in [-0.2, -0.15) is 5.10 Å². The van der Waals surface area contributed by atoms with E-state index in [1.165, 1.54) is 11.1 Å². The molecule has 0 aliphatic rings. The lowest BCUT2D eigenvalue weighted by atomic mass is 10.0. The maximum Gasteiger partial charge on any atom is 0.151 e. The predicted octanol–water partition coefficient (Wildman–Crippen LogP) is 2.03. The largest absolute Gasteiger partial charge is 0.496 e. The Morgan fingerprint density at radius 3 is 2.85 bits per heavy atom. The summed E-state index contributed by atoms with van der Waals surface area (Å²) >= 11 is 0. The molecule has 1 heterocycles. The van der Waals surface area contributed by atoms with E-state index in [9.17, 15) is 0 Å². The molecule has 0 aliphatic heterocycles. The average Bonchev–Trinajstić information content (AvgIpc) is 2.84. The highest BCUT2D eigenvalue weighted by Gasteiger charge is 2.11. The summed E-state index contributed by atoms with van der Waals surface area (Å²) in [6.07, 6.45) is 2.54. The van der Waals surface area contributed by atoms with E-state index in [1.54, 1.807) is 18.1 Å². The van der Waals surface area contributed by atoms with Gasteiger partial charge in [0.1, 0.15) is 12.1 Å². The Bertz CT molecular complexity index is 565. The molecule has 5 nitrogen and oxygen atoms in total. The van der Waals surface area contributed by atoms with E-state index < -0.39 is 0 Å². The van der Waals surface area contributed by atoms with Gasteiger partial charge in [0.15, 0.2) is 5.82 Å². The lowest BCUT2D eigenvalue weighted by molar-refractivity contribution is 0.401. The Balaban J connectivity index is 1.93. The van der Waals surface area contributed by atoms with Gasteiger partial charge in [0.05, 0.1) is 7.11 Å². The lowest BCUT2D eigenvalue weighted by Crippen LogP contribution is -2.22. The summed E-state index contributed by atoms with van der Waals surface area (Å²) in [4.78, 5) is 4.22. The summed E-state index contributed by atoms with van der Waals surface area (Å²) < 4.78 is 7.17. The van der Waals surface area contributed by atoms with Crippen molar-refractivity contribution in [1.29, 1.82) is 0 Å². The van der Waals surface area contributed by atoms with E-state index in [0.29, 0.717) is 0 Å². The quantitative estimate of drug-likeness (QED) is 0.875. The fraction of sp³-hybridized carbons (Fsp3) is 0.467. The summed E-state index contributed by atoms with van der Waals surface area (Å²) in [5, 5.41) is 7.75. The van der Waals surface area contributed by atoms with Gasteiger partial charge in [-0.15, -0.1) is 0 Å². The van der Waals surface area contributed by atoms with Crippen LogP contribution in [-0.2, 0) is 13.5 Å². The highest BCUT2D eigenvalue weighted by Crippen LogP contribution is 2.25. The molecule has 2 rings (SSSR count). The van der Waals surface area contributed by atoms with Crippen LogP contribution in [0.25, 0.3) is 0 Å². The van der Waals surface area contributed by atoms with E-state index in [2.05, 4.69) is 47.4 Å². The minimum Gasteiger partial charge on any atom is -0.496 e. The molecule has 108 valence electrons. The zero-order chi connectivity index (χ0) is 14.5. The zero-order valence-electron chi connectivity index (χ0n) is 12.6. The first kappa shape index (κ1) is 14.5. The van der Waals surface area contributed by atoms with Crippen LogP contribution in [-0.4, -0.2) is 28.4 Å². The van der Waals surface area contributed by atoms with Crippen LogP contribution in [0.5, 0.6) is 5.75 Å². The van der Waals surface area contributed by atoms with Crippen LogP contribution in [0.1, 0.15) is 29.9 Å². The normalized spacial score (nSPS) is 12.4. The van der Waals surface area contributed by atoms with Crippen molar-refractivity contribution in [2.75, 3.05) is 13.7 Å². The Morgan fingerprint density at radius 1 is 1.40 bits per heavy atom. The SMILES string of the molecule is COc1cc(C)ccc1C(C)NCCc1ncn(C)n1. The molecule has 1 atom stereocenters. The molecule has 1 aromatic carbocycles. The zero-order valence-corrected chi connectivity index (χ0v) is 12.6. The first-order valence-electron chi connectivity index (χ1n) is 6.82. The number of hydrogen-bond donors (Lipinski definition) is 1. The van der Waals surface area contributed by atoms with Gasteiger partial charge in [-0.3, -0.25) is 4.68 Å². The maximum absolute atomic E-state index is 5.45. The first-order valence-corrected chi connectivity index (χ1v) is 6.82. The number of nitrogens with zero attached hydrogens (tertiary/aromatic N) is 3. The number of benzene rings is 1. The summed E-state index contributed by atoms with van der Waals surface area (Å²) in [5.41, 5.74) is 2.38. The van der Waals surface area contributed by atoms with Crippen molar-refractivity contribution < 1.29 is 4.74 Å². The second kappa shape index (κ2) is 6.52. The van der Waals surface area contributed by atoms with Gasteiger partial charge in [0.25, 0.3) is 0 Å². The third-order valence-corrected chi connectivity index (χ3v) is 3.30. The first-order chi connectivity index (χ1) is 9.60. The fourth-order valence-electron chi connectivity index (χ4n) is 2.18. The average molecular weight is 274 g/mol. The van der Waals surface area contributed by atoms with Crippen molar-refractivity contribution in [3.8, 4) is 5.75 Å². The predicted molar refractivity (Wildman–Crippen MR) is 78.9 cm³/mol. The van der Waals surface area contributed by atoms with E-state index in [4.69, 9.17) is 4.74 Å². The molecule has 0 saturated carbocycles. The van der Waals surface area contributed by atoms with Crippen LogP contribution in [0.3, 0.4) is 0 Å². The lowest BCUT2D eigenvalue weighted by Gasteiger charge is -2.17. The van der Waals surface area contributed by atoms with Crippen molar-refractivity contribution in [3.63, 3.8) is 0 Å². The Morgan fingerprint density at radius 2 is 2.20 bits per heavy atom. The number of methoxy groups -OCH3 is 1. The molecular weight excluding hydrogens is 252 g/mol. The Kier molecular flexibility index (Phi) is 4.74. The van der Waals surface area contributed by atoms with Gasteiger partial charge in [-0.1, -0.05) is 12.1 Å². The van der Waals surface area contributed by atoms with Crippen molar-refractivity contribution in [3.05, 3.63) is 41.5 Å². The van der Waals surface area contributed by atoms with Crippen molar-refractivity contribution in [1.82, 2.24) is 20.1 Å². The minimum atomic E-state index is 0.231. The highest BCUT2D eigenvalue weighted by molar-refractivity contribution is 5.39. The molecule has 0 saturated heterocycles. The molecule has 0 spiro atoms. The van der Waals surface area contributed by atoms with Crippen LogP contribution in [0.15, 0.2) is 24.5 Å². The molecule has 0 radical (unpaired) electrons. The standard InChI is InChI=1S/C15H22N4O/c1-11-5-6-13(14(9-11)20-4)12(2)16-8-7-15-17-10-19(3)18-15/h5-6,9-10,12,16H,7-8H2,1-4H3. The van der Waals surface area contributed by atoms with E-state index in [-0.39, 0.29) is 6.04 Å². The van der Waals surface area contributed by atoms with Gasteiger partial charge in [0, 0.05) is 31.6 Å². The Labute approximate surface area is 120 Å². The number of aryl methyl sites for hydroxylation is 2. The smallest absolute Gasteiger partial charge is 0.151 e. The second-order valence-corrected chi connectivity index (χ2v) is 5.01. The highest BCUT2D eigenvalue weighted by atomic mass is 16.5. The molecular formula is C15H22N4O. The number of hydrogen-bond acceptors (Lipinski definition) is 4. The van der Waals surface area contributed by atoms with Gasteiger partial charge >= 0.3 is 0 Å². The van der Waals surface area contributed by atoms with E-state index in [0.717, 1.165) is 24.5 Å². The molecule has 1 N–H and O–H groups in total. The minimum absolute atomic E-state index is 0.231. The van der Waals surface area contributed by atoms with Crippen molar-refractivity contribution >= 4 is 0 Å². The monoisotopic (exact) mass is 274 g/mol. The summed E-state index contributed by atoms with van der Waals surface area (Å²) in [6.45, 7) is 5.04. The van der Waals surface area contributed by atoms with Crippen LogP contribution in [0, 0.1) is 6.92 Å². The van der Waals surface area contributed by atoms with Gasteiger partial charge in [-0.05, 0) is 25.5 Å². The molecule has 0 fully saturated rings. The molecule has 5 heteroatoms. The van der Waals surface area contributed by atoms with Crippen LogP contribution >= 0.6 is 0 Å². The summed E-state index contributed by atoms with van der Waals surface area (Å²) in [7, 11) is 3.59. The van der Waals surface area contributed by atoms with Crippen LogP contribution < -0.4 is 10.1 Å². The van der Waals surface area contributed by atoms with Gasteiger partial charge in [-0.25, -0.2) is 4.98 Å². The summed E-state index contributed by atoms with van der Waals surface area (Å²) in [6, 6.07) is 6.52. The molecule has 1 aromatic heterocycles. The molecule has 0 aliphatic carbocycles. The third kappa shape index (κ3) is 3.57. The maximum atomic E-state index is 5.45. The van der Waals surface area contributed by atoms with Crippen LogP contribution in [0.4, 0.5) is 0 Å². The number of ether oxygens (including phenoxy) is 1. The second-order valence-electron chi connectivity index (χ2n) is 5.01. The molecule has 0 amide bonds. The molecule has 20 heavy (non-hydrogen) atoms. The van der Waals surface area contributed by atoms with Gasteiger partial charge in [0.2, 0.25) is 0 Å². The van der Waals surface area contributed by atoms with Crippen LogP contribution in [0.2, 0.25) is 0 Å². The fourth-order valence-corrected chi connectivity index (χ4v) is 2.18. The van der Waals surface area contributed by atoms with Crippen molar-refractivity contribution in [2.45, 2.75) is 26.3 Å². The third-order valence-electron chi connectivity index (χ3n) is 3.30. The summed E-state index contributed by atoms with van der Waals surface area (Å²) in [5.74, 6) is 1.80. The number of rotatable bonds is 6. The van der Waals surface area contributed by atoms with Gasteiger partial charge < -0.3 is 10.1 Å². The van der Waals surface area contributed by atoms with Crippen molar-refractivity contribution in [2.24, 2.45) is 7.05 Å². The number of nitrogens with one attached hydrogen (secondary N) is 1. The van der Waals surface area contributed by atoms with E-state index in [1.807, 2.05) is 7.05 Å². The molecule has 0 bridgehead atoms.